The average molecular weight is 329 g/mol. The van der Waals surface area contributed by atoms with Crippen LogP contribution in [0.15, 0.2) is 41.8 Å². The average Bonchev–Trinajstić information content (AvgIpc) is 3.30. The van der Waals surface area contributed by atoms with Crippen LogP contribution in [0.25, 0.3) is 5.69 Å². The predicted molar refractivity (Wildman–Crippen MR) is 94.2 cm³/mol. The van der Waals surface area contributed by atoms with Crippen molar-refractivity contribution in [1.29, 1.82) is 0 Å². The van der Waals surface area contributed by atoms with E-state index < -0.39 is 0 Å². The Morgan fingerprint density at radius 1 is 1.39 bits per heavy atom. The molecular weight excluding hydrogens is 306 g/mol. The van der Waals surface area contributed by atoms with Crippen LogP contribution in [0, 0.1) is 0 Å². The number of rotatable bonds is 6. The number of thioether (sulfide) groups is 1. The van der Waals surface area contributed by atoms with E-state index in [-0.39, 0.29) is 5.91 Å². The second-order valence-electron chi connectivity index (χ2n) is 6.32. The van der Waals surface area contributed by atoms with Crippen molar-refractivity contribution < 1.29 is 4.79 Å². The van der Waals surface area contributed by atoms with E-state index in [1.54, 1.807) is 6.20 Å². The number of carbonyl (C=O) groups is 1. The first kappa shape index (κ1) is 16.1. The molecule has 1 fully saturated rings. The van der Waals surface area contributed by atoms with Gasteiger partial charge in [0.1, 0.15) is 0 Å². The normalized spacial score (nSPS) is 14.3. The van der Waals surface area contributed by atoms with E-state index in [4.69, 9.17) is 0 Å². The first-order chi connectivity index (χ1) is 11.1. The quantitative estimate of drug-likeness (QED) is 0.758. The smallest absolute Gasteiger partial charge is 0.233 e. The van der Waals surface area contributed by atoms with Gasteiger partial charge in [-0.3, -0.25) is 9.36 Å². The Hall–Kier alpha value is -1.75. The summed E-state index contributed by atoms with van der Waals surface area (Å²) in [7, 11) is 1.90. The molecular formula is C18H23N3OS. The molecule has 0 aliphatic heterocycles. The lowest BCUT2D eigenvalue weighted by atomic mass is 10.0. The molecule has 1 saturated carbocycles. The lowest BCUT2D eigenvalue weighted by Gasteiger charge is -2.17. The van der Waals surface area contributed by atoms with Gasteiger partial charge in [-0.1, -0.05) is 43.8 Å². The maximum absolute atomic E-state index is 12.2. The Bertz CT molecular complexity index is 691. The van der Waals surface area contributed by atoms with Gasteiger partial charge in [0, 0.05) is 25.5 Å². The van der Waals surface area contributed by atoms with Crippen LogP contribution in [0.3, 0.4) is 0 Å². The number of aromatic nitrogens is 2. The maximum atomic E-state index is 12.2. The molecule has 0 bridgehead atoms. The van der Waals surface area contributed by atoms with Gasteiger partial charge < -0.3 is 4.90 Å². The Morgan fingerprint density at radius 3 is 2.83 bits per heavy atom. The summed E-state index contributed by atoms with van der Waals surface area (Å²) in [6.07, 6.45) is 6.06. The topological polar surface area (TPSA) is 38.1 Å². The highest BCUT2D eigenvalue weighted by Gasteiger charge is 2.29. The lowest BCUT2D eigenvalue weighted by Crippen LogP contribution is -2.30. The molecule has 1 heterocycles. The largest absolute Gasteiger partial charge is 0.342 e. The molecule has 0 atom stereocenters. The van der Waals surface area contributed by atoms with E-state index >= 15 is 0 Å². The summed E-state index contributed by atoms with van der Waals surface area (Å²) in [5.74, 6) is 1.06. The molecule has 0 radical (unpaired) electrons. The van der Waals surface area contributed by atoms with E-state index in [9.17, 15) is 4.79 Å². The Labute approximate surface area is 141 Å². The number of para-hydroxylation sites is 1. The summed E-state index contributed by atoms with van der Waals surface area (Å²) in [6, 6.07) is 8.84. The van der Waals surface area contributed by atoms with Crippen LogP contribution in [0.4, 0.5) is 0 Å². The molecule has 0 spiro atoms. The number of hydrogen-bond acceptors (Lipinski definition) is 3. The number of imidazole rings is 1. The van der Waals surface area contributed by atoms with Gasteiger partial charge in [0.25, 0.3) is 0 Å². The minimum Gasteiger partial charge on any atom is -0.342 e. The van der Waals surface area contributed by atoms with Crippen LogP contribution in [0.2, 0.25) is 0 Å². The van der Waals surface area contributed by atoms with Gasteiger partial charge in [0.15, 0.2) is 5.16 Å². The fraction of sp³-hybridized carbons (Fsp3) is 0.444. The first-order valence-electron chi connectivity index (χ1n) is 8.09. The zero-order valence-corrected chi connectivity index (χ0v) is 14.7. The van der Waals surface area contributed by atoms with Gasteiger partial charge in [0.05, 0.1) is 11.4 Å². The third-order valence-electron chi connectivity index (χ3n) is 4.24. The third kappa shape index (κ3) is 3.61. The third-order valence-corrected chi connectivity index (χ3v) is 5.19. The summed E-state index contributed by atoms with van der Waals surface area (Å²) in [5, 5.41) is 0.871. The second kappa shape index (κ2) is 6.79. The molecule has 0 N–H and O–H groups in total. The SMILES string of the molecule is CC(C)c1ccccc1-n1ccnc1SCC(=O)N(C)C1CC1. The van der Waals surface area contributed by atoms with Crippen molar-refractivity contribution in [1.82, 2.24) is 14.5 Å². The second-order valence-corrected chi connectivity index (χ2v) is 7.26. The molecule has 5 heteroatoms. The number of nitrogens with zero attached hydrogens (tertiary/aromatic N) is 3. The predicted octanol–water partition coefficient (Wildman–Crippen LogP) is 3.71. The monoisotopic (exact) mass is 329 g/mol. The fourth-order valence-electron chi connectivity index (χ4n) is 2.67. The zero-order chi connectivity index (χ0) is 16.4. The zero-order valence-electron chi connectivity index (χ0n) is 13.9. The number of hydrogen-bond donors (Lipinski definition) is 0. The molecule has 0 saturated heterocycles. The molecule has 1 aliphatic rings. The van der Waals surface area contributed by atoms with Crippen molar-refractivity contribution in [2.45, 2.75) is 43.8 Å². The molecule has 0 unspecified atom stereocenters. The van der Waals surface area contributed by atoms with Gasteiger partial charge >= 0.3 is 0 Å². The Morgan fingerprint density at radius 2 is 2.13 bits per heavy atom. The Balaban J connectivity index is 1.76. The van der Waals surface area contributed by atoms with Crippen molar-refractivity contribution >= 4 is 17.7 Å². The molecule has 1 amide bonds. The van der Waals surface area contributed by atoms with Crippen LogP contribution in [0.1, 0.15) is 38.2 Å². The van der Waals surface area contributed by atoms with Crippen LogP contribution < -0.4 is 0 Å². The summed E-state index contributed by atoms with van der Waals surface area (Å²) in [6.45, 7) is 4.38. The molecule has 23 heavy (non-hydrogen) atoms. The number of carbonyl (C=O) groups excluding carboxylic acids is 1. The summed E-state index contributed by atoms with van der Waals surface area (Å²) < 4.78 is 2.09. The van der Waals surface area contributed by atoms with Crippen molar-refractivity contribution in [2.75, 3.05) is 12.8 Å². The molecule has 122 valence electrons. The first-order valence-corrected chi connectivity index (χ1v) is 9.07. The minimum atomic E-state index is 0.184. The Kier molecular flexibility index (Phi) is 4.76. The molecule has 1 aromatic heterocycles. The van der Waals surface area contributed by atoms with E-state index in [1.807, 2.05) is 24.2 Å². The molecule has 2 aromatic rings. The fourth-order valence-corrected chi connectivity index (χ4v) is 3.56. The van der Waals surface area contributed by atoms with Gasteiger partial charge in [-0.2, -0.15) is 0 Å². The van der Waals surface area contributed by atoms with Gasteiger partial charge in [-0.25, -0.2) is 4.98 Å². The maximum Gasteiger partial charge on any atom is 0.233 e. The van der Waals surface area contributed by atoms with Crippen molar-refractivity contribution in [3.63, 3.8) is 0 Å². The molecule has 1 aliphatic carbocycles. The highest BCUT2D eigenvalue weighted by Crippen LogP contribution is 2.29. The number of benzene rings is 1. The van der Waals surface area contributed by atoms with E-state index in [1.165, 1.54) is 17.3 Å². The van der Waals surface area contributed by atoms with Crippen LogP contribution >= 0.6 is 11.8 Å². The lowest BCUT2D eigenvalue weighted by molar-refractivity contribution is -0.127. The minimum absolute atomic E-state index is 0.184. The van der Waals surface area contributed by atoms with Gasteiger partial charge in [0.2, 0.25) is 5.91 Å². The van der Waals surface area contributed by atoms with Crippen LogP contribution in [-0.4, -0.2) is 39.2 Å². The van der Waals surface area contributed by atoms with Crippen molar-refractivity contribution in [3.8, 4) is 5.69 Å². The standard InChI is InChI=1S/C18H23N3OS/c1-13(2)15-6-4-5-7-16(15)21-11-10-19-18(21)23-12-17(22)20(3)14-8-9-14/h4-7,10-11,13-14H,8-9,12H2,1-3H3. The van der Waals surface area contributed by atoms with Crippen molar-refractivity contribution in [3.05, 3.63) is 42.2 Å². The summed E-state index contributed by atoms with van der Waals surface area (Å²) >= 11 is 1.51. The molecule has 3 rings (SSSR count). The number of amides is 1. The van der Waals surface area contributed by atoms with Crippen molar-refractivity contribution in [2.24, 2.45) is 0 Å². The molecule has 4 nitrogen and oxygen atoms in total. The summed E-state index contributed by atoms with van der Waals surface area (Å²) in [5.41, 5.74) is 2.43. The van der Waals surface area contributed by atoms with E-state index in [0.717, 1.165) is 23.7 Å². The van der Waals surface area contributed by atoms with Gasteiger partial charge in [-0.05, 0) is 30.4 Å². The summed E-state index contributed by atoms with van der Waals surface area (Å²) in [4.78, 5) is 18.5. The van der Waals surface area contributed by atoms with Crippen LogP contribution in [0.5, 0.6) is 0 Å². The van der Waals surface area contributed by atoms with E-state index in [2.05, 4.69) is 41.6 Å². The van der Waals surface area contributed by atoms with E-state index in [0.29, 0.717) is 17.7 Å². The highest BCUT2D eigenvalue weighted by molar-refractivity contribution is 7.99. The highest BCUT2D eigenvalue weighted by atomic mass is 32.2. The van der Waals surface area contributed by atoms with Gasteiger partial charge in [-0.15, -0.1) is 0 Å². The molecule has 1 aromatic carbocycles. The van der Waals surface area contributed by atoms with Crippen LogP contribution in [-0.2, 0) is 4.79 Å².